The molecule has 1 unspecified atom stereocenters. The van der Waals surface area contributed by atoms with Gasteiger partial charge in [0.2, 0.25) is 0 Å². The van der Waals surface area contributed by atoms with E-state index in [1.54, 1.807) is 0 Å². The van der Waals surface area contributed by atoms with Gasteiger partial charge in [0, 0.05) is 12.0 Å². The Morgan fingerprint density at radius 2 is 2.28 bits per heavy atom. The fourth-order valence-electron chi connectivity index (χ4n) is 1.90. The highest BCUT2D eigenvalue weighted by atomic mass is 16.5. The van der Waals surface area contributed by atoms with Crippen LogP contribution >= 0.6 is 0 Å². The first-order chi connectivity index (χ1) is 8.72. The summed E-state index contributed by atoms with van der Waals surface area (Å²) in [6.45, 7) is 2.64. The summed E-state index contributed by atoms with van der Waals surface area (Å²) in [7, 11) is 0. The van der Waals surface area contributed by atoms with Crippen molar-refractivity contribution in [1.82, 2.24) is 0 Å². The maximum Gasteiger partial charge on any atom is 0.163 e. The molecule has 0 aromatic heterocycles. The average molecular weight is 247 g/mol. The molecule has 1 aromatic carbocycles. The molecule has 2 rings (SSSR count). The molecule has 0 bridgehead atoms. The lowest BCUT2D eigenvalue weighted by Crippen LogP contribution is -2.17. The zero-order valence-corrected chi connectivity index (χ0v) is 10.9. The minimum absolute atomic E-state index is 0.161. The zero-order chi connectivity index (χ0) is 13.0. The SMILES string of the molecule is CCC(CN)CC(=O)c1cccc(OC2CC2)c1. The first-order valence-corrected chi connectivity index (χ1v) is 6.73. The Hall–Kier alpha value is -1.35. The number of carbonyl (C=O) groups is 1. The maximum atomic E-state index is 12.1. The smallest absolute Gasteiger partial charge is 0.163 e. The molecule has 1 fully saturated rings. The molecule has 1 aliphatic carbocycles. The van der Waals surface area contributed by atoms with Gasteiger partial charge >= 0.3 is 0 Å². The largest absolute Gasteiger partial charge is 0.490 e. The first-order valence-electron chi connectivity index (χ1n) is 6.73. The summed E-state index contributed by atoms with van der Waals surface area (Å²) < 4.78 is 5.70. The van der Waals surface area contributed by atoms with E-state index in [1.807, 2.05) is 24.3 Å². The van der Waals surface area contributed by atoms with Gasteiger partial charge in [0.15, 0.2) is 5.78 Å². The second-order valence-electron chi connectivity index (χ2n) is 4.98. The van der Waals surface area contributed by atoms with Gasteiger partial charge in [0.25, 0.3) is 0 Å². The van der Waals surface area contributed by atoms with Crippen LogP contribution in [0, 0.1) is 5.92 Å². The van der Waals surface area contributed by atoms with Crippen LogP contribution in [0.4, 0.5) is 0 Å². The van der Waals surface area contributed by atoms with Crippen LogP contribution in [0.15, 0.2) is 24.3 Å². The Balaban J connectivity index is 2.00. The lowest BCUT2D eigenvalue weighted by atomic mass is 9.96. The predicted molar refractivity (Wildman–Crippen MR) is 71.9 cm³/mol. The van der Waals surface area contributed by atoms with Gasteiger partial charge in [0.1, 0.15) is 5.75 Å². The van der Waals surface area contributed by atoms with E-state index in [-0.39, 0.29) is 11.7 Å². The summed E-state index contributed by atoms with van der Waals surface area (Å²) in [5, 5.41) is 0. The molecule has 0 spiro atoms. The van der Waals surface area contributed by atoms with Crippen molar-refractivity contribution >= 4 is 5.78 Å². The van der Waals surface area contributed by atoms with Crippen molar-refractivity contribution in [3.05, 3.63) is 29.8 Å². The summed E-state index contributed by atoms with van der Waals surface area (Å²) in [5.41, 5.74) is 6.37. The van der Waals surface area contributed by atoms with E-state index in [2.05, 4.69) is 6.92 Å². The molecule has 0 amide bonds. The van der Waals surface area contributed by atoms with Crippen molar-refractivity contribution in [2.75, 3.05) is 6.54 Å². The van der Waals surface area contributed by atoms with E-state index >= 15 is 0 Å². The monoisotopic (exact) mass is 247 g/mol. The standard InChI is InChI=1S/C15H21NO2/c1-2-11(10-16)8-15(17)12-4-3-5-14(9-12)18-13-6-7-13/h3-5,9,11,13H,2,6-8,10,16H2,1H3. The van der Waals surface area contributed by atoms with Crippen LogP contribution in [-0.4, -0.2) is 18.4 Å². The number of hydrogen-bond acceptors (Lipinski definition) is 3. The van der Waals surface area contributed by atoms with Crippen LogP contribution in [-0.2, 0) is 0 Å². The first kappa shape index (κ1) is 13.1. The van der Waals surface area contributed by atoms with Crippen molar-refractivity contribution in [3.8, 4) is 5.75 Å². The number of ether oxygens (including phenoxy) is 1. The Kier molecular flexibility index (Phi) is 4.37. The van der Waals surface area contributed by atoms with Gasteiger partial charge in [-0.3, -0.25) is 4.79 Å². The van der Waals surface area contributed by atoms with E-state index in [9.17, 15) is 4.79 Å². The number of benzene rings is 1. The summed E-state index contributed by atoms with van der Waals surface area (Å²) >= 11 is 0. The third kappa shape index (κ3) is 3.57. The van der Waals surface area contributed by atoms with Gasteiger partial charge < -0.3 is 10.5 Å². The second kappa shape index (κ2) is 6.01. The molecule has 3 heteroatoms. The molecule has 0 saturated heterocycles. The number of hydrogen-bond donors (Lipinski definition) is 1. The molecular weight excluding hydrogens is 226 g/mol. The highest BCUT2D eigenvalue weighted by Crippen LogP contribution is 2.27. The molecule has 3 nitrogen and oxygen atoms in total. The molecule has 1 aliphatic rings. The van der Waals surface area contributed by atoms with Gasteiger partial charge in [-0.25, -0.2) is 0 Å². The number of rotatable bonds is 7. The van der Waals surface area contributed by atoms with Gasteiger partial charge in [-0.1, -0.05) is 25.5 Å². The Labute approximate surface area is 108 Å². The molecule has 0 radical (unpaired) electrons. The fraction of sp³-hybridized carbons (Fsp3) is 0.533. The van der Waals surface area contributed by atoms with E-state index in [4.69, 9.17) is 10.5 Å². The molecule has 0 heterocycles. The van der Waals surface area contributed by atoms with Gasteiger partial charge in [-0.05, 0) is 37.4 Å². The summed E-state index contributed by atoms with van der Waals surface area (Å²) in [6, 6.07) is 7.50. The van der Waals surface area contributed by atoms with Crippen molar-refractivity contribution < 1.29 is 9.53 Å². The third-order valence-corrected chi connectivity index (χ3v) is 3.37. The topological polar surface area (TPSA) is 52.3 Å². The molecule has 0 aliphatic heterocycles. The number of nitrogens with two attached hydrogens (primary N) is 1. The maximum absolute atomic E-state index is 12.1. The lowest BCUT2D eigenvalue weighted by molar-refractivity contribution is 0.0961. The number of Topliss-reactive ketones (excluding diaryl/α,β-unsaturated/α-hetero) is 1. The normalized spacial score (nSPS) is 16.3. The minimum atomic E-state index is 0.161. The molecule has 18 heavy (non-hydrogen) atoms. The number of ketones is 1. The third-order valence-electron chi connectivity index (χ3n) is 3.37. The summed E-state index contributed by atoms with van der Waals surface area (Å²) in [5.74, 6) is 1.25. The highest BCUT2D eigenvalue weighted by molar-refractivity contribution is 5.96. The molecular formula is C15H21NO2. The van der Waals surface area contributed by atoms with Gasteiger partial charge in [0.05, 0.1) is 6.10 Å². The molecule has 98 valence electrons. The van der Waals surface area contributed by atoms with Crippen LogP contribution in [0.3, 0.4) is 0 Å². The summed E-state index contributed by atoms with van der Waals surface area (Å²) in [6.07, 6.45) is 4.09. The Morgan fingerprint density at radius 3 is 2.89 bits per heavy atom. The lowest BCUT2D eigenvalue weighted by Gasteiger charge is -2.11. The summed E-state index contributed by atoms with van der Waals surface area (Å²) in [4.78, 5) is 12.1. The van der Waals surface area contributed by atoms with E-state index in [1.165, 1.54) is 0 Å². The van der Waals surface area contributed by atoms with Crippen molar-refractivity contribution in [2.24, 2.45) is 11.7 Å². The molecule has 1 saturated carbocycles. The van der Waals surface area contributed by atoms with Crippen LogP contribution in [0.25, 0.3) is 0 Å². The number of carbonyl (C=O) groups excluding carboxylic acids is 1. The van der Waals surface area contributed by atoms with Crippen LogP contribution in [0.5, 0.6) is 5.75 Å². The van der Waals surface area contributed by atoms with Crippen molar-refractivity contribution in [2.45, 2.75) is 38.7 Å². The predicted octanol–water partition coefficient (Wildman–Crippen LogP) is 2.79. The van der Waals surface area contributed by atoms with E-state index < -0.39 is 0 Å². The van der Waals surface area contributed by atoms with Crippen LogP contribution in [0.2, 0.25) is 0 Å². The zero-order valence-electron chi connectivity index (χ0n) is 10.9. The van der Waals surface area contributed by atoms with Crippen molar-refractivity contribution in [1.29, 1.82) is 0 Å². The Morgan fingerprint density at radius 1 is 1.50 bits per heavy atom. The second-order valence-corrected chi connectivity index (χ2v) is 4.98. The molecule has 1 aromatic rings. The van der Waals surface area contributed by atoms with Crippen LogP contribution in [0.1, 0.15) is 43.0 Å². The Bertz CT molecular complexity index is 409. The quantitative estimate of drug-likeness (QED) is 0.754. The van der Waals surface area contributed by atoms with Gasteiger partial charge in [-0.2, -0.15) is 0 Å². The minimum Gasteiger partial charge on any atom is -0.490 e. The fourth-order valence-corrected chi connectivity index (χ4v) is 1.90. The highest BCUT2D eigenvalue weighted by Gasteiger charge is 2.23. The van der Waals surface area contributed by atoms with E-state index in [0.29, 0.717) is 19.1 Å². The molecule has 2 N–H and O–H groups in total. The van der Waals surface area contributed by atoms with E-state index in [0.717, 1.165) is 30.6 Å². The van der Waals surface area contributed by atoms with Gasteiger partial charge in [-0.15, -0.1) is 0 Å². The van der Waals surface area contributed by atoms with Crippen LogP contribution < -0.4 is 10.5 Å². The average Bonchev–Trinajstić information content (AvgIpc) is 3.20. The molecule has 1 atom stereocenters. The van der Waals surface area contributed by atoms with Crippen molar-refractivity contribution in [3.63, 3.8) is 0 Å².